The van der Waals surface area contributed by atoms with Gasteiger partial charge in [0.2, 0.25) is 5.91 Å². The maximum absolute atomic E-state index is 11.8. The van der Waals surface area contributed by atoms with E-state index >= 15 is 0 Å². The van der Waals surface area contributed by atoms with Gasteiger partial charge in [-0.1, -0.05) is 12.1 Å². The van der Waals surface area contributed by atoms with Crippen molar-refractivity contribution >= 4 is 17.3 Å². The molecule has 0 spiro atoms. The zero-order chi connectivity index (χ0) is 12.8. The van der Waals surface area contributed by atoms with Crippen molar-refractivity contribution in [3.05, 3.63) is 34.1 Å². The molecule has 0 aliphatic carbocycles. The fourth-order valence-electron chi connectivity index (χ4n) is 1.38. The van der Waals surface area contributed by atoms with E-state index in [0.29, 0.717) is 11.4 Å². The molecule has 0 saturated carbocycles. The molecule has 0 aromatic heterocycles. The molecular formula is C11H13N3O3. The lowest BCUT2D eigenvalue weighted by atomic mass is 10.1. The molecule has 0 N–H and O–H groups in total. The molecule has 0 fully saturated rings. The van der Waals surface area contributed by atoms with E-state index in [-0.39, 0.29) is 12.5 Å². The second-order valence-corrected chi connectivity index (χ2v) is 3.72. The molecule has 17 heavy (non-hydrogen) atoms. The highest BCUT2D eigenvalue weighted by molar-refractivity contribution is 5.94. The minimum Gasteiger partial charge on any atom is -0.315 e. The van der Waals surface area contributed by atoms with E-state index in [2.05, 4.69) is 10.4 Å². The monoisotopic (exact) mass is 235 g/mol. The van der Waals surface area contributed by atoms with Crippen LogP contribution in [0.2, 0.25) is 0 Å². The predicted molar refractivity (Wildman–Crippen MR) is 65.1 cm³/mol. The van der Waals surface area contributed by atoms with Gasteiger partial charge < -0.3 is 4.90 Å². The second kappa shape index (κ2) is 5.83. The molecule has 0 bridgehead atoms. The van der Waals surface area contributed by atoms with Gasteiger partial charge in [-0.15, -0.1) is 4.91 Å². The number of nitrogens with zero attached hydrogens (tertiary/aromatic N) is 3. The highest BCUT2D eigenvalue weighted by Gasteiger charge is 2.18. The molecule has 6 nitrogen and oxygen atoms in total. The average Bonchev–Trinajstić information content (AvgIpc) is 2.37. The lowest BCUT2D eigenvalue weighted by molar-refractivity contribution is -0.121. The fourth-order valence-corrected chi connectivity index (χ4v) is 1.38. The van der Waals surface area contributed by atoms with Crippen LogP contribution in [-0.2, 0) is 4.79 Å². The summed E-state index contributed by atoms with van der Waals surface area (Å²) >= 11 is 0. The number of rotatable bonds is 5. The maximum Gasteiger partial charge on any atom is 0.231 e. The Labute approximate surface area is 98.6 Å². The average molecular weight is 235 g/mol. The van der Waals surface area contributed by atoms with Crippen molar-refractivity contribution < 1.29 is 4.79 Å². The lowest BCUT2D eigenvalue weighted by Gasteiger charge is -2.20. The quantitative estimate of drug-likeness (QED) is 0.735. The predicted octanol–water partition coefficient (Wildman–Crippen LogP) is 2.45. The minimum absolute atomic E-state index is 0.0445. The van der Waals surface area contributed by atoms with Crippen LogP contribution in [-0.4, -0.2) is 19.5 Å². The lowest BCUT2D eigenvalue weighted by Crippen LogP contribution is -2.32. The molecule has 6 heteroatoms. The number of amides is 1. The third-order valence-electron chi connectivity index (χ3n) is 2.44. The largest absolute Gasteiger partial charge is 0.315 e. The van der Waals surface area contributed by atoms with Crippen LogP contribution in [0.15, 0.2) is 34.6 Å². The Morgan fingerprint density at radius 1 is 1.29 bits per heavy atom. The van der Waals surface area contributed by atoms with Crippen molar-refractivity contribution in [3.8, 4) is 0 Å². The summed E-state index contributed by atoms with van der Waals surface area (Å²) in [5, 5.41) is 5.48. The molecule has 0 saturated heterocycles. The van der Waals surface area contributed by atoms with E-state index < -0.39 is 5.92 Å². The Morgan fingerprint density at radius 2 is 1.88 bits per heavy atom. The Kier molecular flexibility index (Phi) is 4.45. The van der Waals surface area contributed by atoms with Crippen LogP contribution in [0.4, 0.5) is 11.4 Å². The van der Waals surface area contributed by atoms with Crippen LogP contribution >= 0.6 is 0 Å². The number of benzene rings is 1. The van der Waals surface area contributed by atoms with Gasteiger partial charge in [-0.2, -0.15) is 4.91 Å². The molecule has 1 aromatic carbocycles. The maximum atomic E-state index is 11.8. The Morgan fingerprint density at radius 3 is 2.35 bits per heavy atom. The molecule has 0 heterocycles. The minimum atomic E-state index is -0.457. The second-order valence-electron chi connectivity index (χ2n) is 3.72. The van der Waals surface area contributed by atoms with Gasteiger partial charge in [-0.05, 0) is 29.4 Å². The Balaban J connectivity index is 2.80. The SMILES string of the molecule is CC(CN=O)C(=O)N(C)c1ccc(N=O)cc1. The van der Waals surface area contributed by atoms with Crippen molar-refractivity contribution in [3.63, 3.8) is 0 Å². The normalized spacial score (nSPS) is 11.6. The summed E-state index contributed by atoms with van der Waals surface area (Å²) < 4.78 is 0. The van der Waals surface area contributed by atoms with Crippen LogP contribution in [0.25, 0.3) is 0 Å². The van der Waals surface area contributed by atoms with Crippen LogP contribution in [0.5, 0.6) is 0 Å². The van der Waals surface area contributed by atoms with E-state index in [1.807, 2.05) is 0 Å². The van der Waals surface area contributed by atoms with Crippen LogP contribution in [0, 0.1) is 15.7 Å². The van der Waals surface area contributed by atoms with E-state index in [1.165, 1.54) is 17.0 Å². The first-order valence-corrected chi connectivity index (χ1v) is 5.10. The van der Waals surface area contributed by atoms with Crippen molar-refractivity contribution in [1.29, 1.82) is 0 Å². The van der Waals surface area contributed by atoms with E-state index in [1.54, 1.807) is 26.1 Å². The van der Waals surface area contributed by atoms with Gasteiger partial charge in [-0.3, -0.25) is 4.79 Å². The van der Waals surface area contributed by atoms with Gasteiger partial charge in [0, 0.05) is 12.7 Å². The van der Waals surface area contributed by atoms with Crippen molar-refractivity contribution in [2.75, 3.05) is 18.5 Å². The van der Waals surface area contributed by atoms with Gasteiger partial charge in [-0.25, -0.2) is 0 Å². The van der Waals surface area contributed by atoms with E-state index in [4.69, 9.17) is 0 Å². The van der Waals surface area contributed by atoms with Crippen molar-refractivity contribution in [2.45, 2.75) is 6.92 Å². The van der Waals surface area contributed by atoms with Gasteiger partial charge in [0.1, 0.15) is 5.69 Å². The zero-order valence-electron chi connectivity index (χ0n) is 9.66. The Bertz CT molecular complexity index is 416. The summed E-state index contributed by atoms with van der Waals surface area (Å²) in [4.78, 5) is 33.6. The van der Waals surface area contributed by atoms with Crippen molar-refractivity contribution in [1.82, 2.24) is 0 Å². The topological polar surface area (TPSA) is 79.2 Å². The zero-order valence-corrected chi connectivity index (χ0v) is 9.66. The van der Waals surface area contributed by atoms with Crippen LogP contribution in [0.3, 0.4) is 0 Å². The van der Waals surface area contributed by atoms with Gasteiger partial charge in [0.05, 0.1) is 12.5 Å². The summed E-state index contributed by atoms with van der Waals surface area (Å²) in [5.41, 5.74) is 0.942. The van der Waals surface area contributed by atoms with Gasteiger partial charge >= 0.3 is 0 Å². The summed E-state index contributed by atoms with van der Waals surface area (Å²) in [5.74, 6) is -0.655. The number of nitroso groups, excluding NO2 is 2. The van der Waals surface area contributed by atoms with Gasteiger partial charge in [0.25, 0.3) is 0 Å². The number of hydrogen-bond donors (Lipinski definition) is 0. The first-order valence-electron chi connectivity index (χ1n) is 5.10. The fraction of sp³-hybridized carbons (Fsp3) is 0.364. The molecule has 1 rings (SSSR count). The summed E-state index contributed by atoms with van der Waals surface area (Å²) in [6.07, 6.45) is 0. The molecular weight excluding hydrogens is 222 g/mol. The molecule has 0 radical (unpaired) electrons. The van der Waals surface area contributed by atoms with E-state index in [0.717, 1.165) is 0 Å². The highest BCUT2D eigenvalue weighted by Crippen LogP contribution is 2.20. The number of anilines is 1. The van der Waals surface area contributed by atoms with Crippen molar-refractivity contribution in [2.24, 2.45) is 16.3 Å². The molecule has 0 aliphatic rings. The molecule has 0 aliphatic heterocycles. The van der Waals surface area contributed by atoms with Gasteiger partial charge in [0.15, 0.2) is 0 Å². The third kappa shape index (κ3) is 3.17. The number of hydrogen-bond acceptors (Lipinski definition) is 5. The van der Waals surface area contributed by atoms with Crippen LogP contribution < -0.4 is 4.90 Å². The molecule has 1 aromatic rings. The first kappa shape index (κ1) is 13.0. The van der Waals surface area contributed by atoms with Crippen LogP contribution in [0.1, 0.15) is 6.92 Å². The summed E-state index contributed by atoms with van der Waals surface area (Å²) in [7, 11) is 1.60. The third-order valence-corrected chi connectivity index (χ3v) is 2.44. The molecule has 90 valence electrons. The Hall–Kier alpha value is -2.11. The first-order chi connectivity index (χ1) is 8.10. The smallest absolute Gasteiger partial charge is 0.231 e. The highest BCUT2D eigenvalue weighted by atomic mass is 16.3. The molecule has 1 atom stereocenters. The van der Waals surface area contributed by atoms with E-state index in [9.17, 15) is 14.6 Å². The molecule has 1 amide bonds. The summed E-state index contributed by atoms with van der Waals surface area (Å²) in [6, 6.07) is 6.29. The number of carbonyl (C=O) groups excluding carboxylic acids is 1. The summed E-state index contributed by atoms with van der Waals surface area (Å²) in [6.45, 7) is 1.60. The standard InChI is InChI=1S/C11H13N3O3/c1-8(7-12-16)11(15)14(2)10-5-3-9(13-17)4-6-10/h3-6,8H,7H2,1-2H3. The molecule has 1 unspecified atom stereocenters. The number of carbonyl (C=O) groups is 1.